The van der Waals surface area contributed by atoms with Crippen molar-refractivity contribution in [2.75, 3.05) is 7.11 Å². The molecule has 1 saturated heterocycles. The number of benzene rings is 1. The molecule has 1 aromatic carbocycles. The summed E-state index contributed by atoms with van der Waals surface area (Å²) in [5.74, 6) is -1.89. The van der Waals surface area contributed by atoms with Gasteiger partial charge in [-0.25, -0.2) is 4.79 Å². The quantitative estimate of drug-likeness (QED) is 0.602. The zero-order valence-electron chi connectivity index (χ0n) is 12.8. The predicted molar refractivity (Wildman–Crippen MR) is 77.5 cm³/mol. The van der Waals surface area contributed by atoms with Gasteiger partial charge in [-0.05, 0) is 12.5 Å². The molecule has 0 bridgehead atoms. The van der Waals surface area contributed by atoms with E-state index in [1.165, 1.54) is 18.9 Å². The number of rotatable bonds is 5. The SMILES string of the molecule is COC(=O)[C@@H]1[C@@H](C(C)OC(C)=O)C(=O)N1Cc1ccccc1. The van der Waals surface area contributed by atoms with E-state index in [2.05, 4.69) is 0 Å². The van der Waals surface area contributed by atoms with Crippen LogP contribution in [0.15, 0.2) is 30.3 Å². The topological polar surface area (TPSA) is 72.9 Å². The largest absolute Gasteiger partial charge is 0.467 e. The Balaban J connectivity index is 2.15. The van der Waals surface area contributed by atoms with Crippen LogP contribution in [-0.4, -0.2) is 42.0 Å². The lowest BCUT2D eigenvalue weighted by Gasteiger charge is -2.47. The van der Waals surface area contributed by atoms with Crippen molar-refractivity contribution in [3.8, 4) is 0 Å². The Hall–Kier alpha value is -2.37. The minimum atomic E-state index is -0.730. The Bertz CT molecular complexity index is 571. The summed E-state index contributed by atoms with van der Waals surface area (Å²) in [6.45, 7) is 3.21. The van der Waals surface area contributed by atoms with Crippen LogP contribution in [0, 0.1) is 5.92 Å². The molecule has 6 heteroatoms. The van der Waals surface area contributed by atoms with Crippen molar-refractivity contribution in [2.24, 2.45) is 5.92 Å². The van der Waals surface area contributed by atoms with E-state index in [-0.39, 0.29) is 5.91 Å². The van der Waals surface area contributed by atoms with Crippen LogP contribution in [0.5, 0.6) is 0 Å². The molecule has 1 unspecified atom stereocenters. The highest BCUT2D eigenvalue weighted by Gasteiger charge is 2.55. The third-order valence-corrected chi connectivity index (χ3v) is 3.74. The van der Waals surface area contributed by atoms with Crippen molar-refractivity contribution in [1.29, 1.82) is 0 Å². The highest BCUT2D eigenvalue weighted by molar-refractivity contribution is 5.97. The molecule has 1 heterocycles. The molecule has 22 heavy (non-hydrogen) atoms. The highest BCUT2D eigenvalue weighted by atomic mass is 16.5. The predicted octanol–water partition coefficient (Wildman–Crippen LogP) is 1.14. The fourth-order valence-electron chi connectivity index (χ4n) is 2.72. The van der Waals surface area contributed by atoms with Crippen LogP contribution >= 0.6 is 0 Å². The molecular formula is C16H19NO5. The molecule has 1 aromatic rings. The van der Waals surface area contributed by atoms with Crippen molar-refractivity contribution >= 4 is 17.8 Å². The average Bonchev–Trinajstić information content (AvgIpc) is 2.49. The number of hydrogen-bond donors (Lipinski definition) is 0. The molecule has 118 valence electrons. The van der Waals surface area contributed by atoms with Gasteiger partial charge in [-0.2, -0.15) is 0 Å². The minimum Gasteiger partial charge on any atom is -0.467 e. The second kappa shape index (κ2) is 6.60. The summed E-state index contributed by atoms with van der Waals surface area (Å²) >= 11 is 0. The van der Waals surface area contributed by atoms with Crippen LogP contribution in [-0.2, 0) is 30.4 Å². The van der Waals surface area contributed by atoms with Crippen LogP contribution in [0.1, 0.15) is 19.4 Å². The standard InChI is InChI=1S/C16H19NO5/c1-10(22-11(2)18)13-14(16(20)21-3)17(15(13)19)9-12-7-5-4-6-8-12/h4-8,10,13-14H,9H2,1-3H3/t10?,13-,14+/m1/s1. The van der Waals surface area contributed by atoms with Crippen molar-refractivity contribution in [2.45, 2.75) is 32.5 Å². The van der Waals surface area contributed by atoms with Gasteiger partial charge in [0.05, 0.1) is 7.11 Å². The van der Waals surface area contributed by atoms with Gasteiger partial charge in [-0.15, -0.1) is 0 Å². The Labute approximate surface area is 129 Å². The van der Waals surface area contributed by atoms with Crippen LogP contribution in [0.3, 0.4) is 0 Å². The summed E-state index contributed by atoms with van der Waals surface area (Å²) in [6.07, 6.45) is -0.666. The molecule has 0 saturated carbocycles. The van der Waals surface area contributed by atoms with Gasteiger partial charge in [-0.1, -0.05) is 30.3 Å². The lowest BCUT2D eigenvalue weighted by Crippen LogP contribution is -2.67. The van der Waals surface area contributed by atoms with Crippen LogP contribution < -0.4 is 0 Å². The van der Waals surface area contributed by atoms with Crippen LogP contribution in [0.25, 0.3) is 0 Å². The smallest absolute Gasteiger partial charge is 0.329 e. The number of β-lactam (4-membered cyclic amide) rings is 1. The van der Waals surface area contributed by atoms with E-state index in [0.29, 0.717) is 6.54 Å². The molecule has 0 aliphatic carbocycles. The first-order chi connectivity index (χ1) is 10.5. The summed E-state index contributed by atoms with van der Waals surface area (Å²) in [5, 5.41) is 0. The van der Waals surface area contributed by atoms with E-state index in [1.54, 1.807) is 6.92 Å². The summed E-state index contributed by atoms with van der Waals surface area (Å²) in [4.78, 5) is 36.8. The minimum absolute atomic E-state index is 0.215. The molecular weight excluding hydrogens is 286 g/mol. The van der Waals surface area contributed by atoms with Crippen LogP contribution in [0.4, 0.5) is 0 Å². The maximum Gasteiger partial charge on any atom is 0.329 e. The van der Waals surface area contributed by atoms with Gasteiger partial charge >= 0.3 is 11.9 Å². The summed E-state index contributed by atoms with van der Waals surface area (Å²) < 4.78 is 9.84. The number of nitrogens with zero attached hydrogens (tertiary/aromatic N) is 1. The molecule has 1 amide bonds. The number of carbonyl (C=O) groups excluding carboxylic acids is 3. The number of amides is 1. The number of ether oxygens (including phenoxy) is 2. The zero-order valence-corrected chi connectivity index (χ0v) is 12.8. The fourth-order valence-corrected chi connectivity index (χ4v) is 2.72. The Morgan fingerprint density at radius 1 is 1.27 bits per heavy atom. The molecule has 1 aliphatic rings. The Morgan fingerprint density at radius 2 is 1.91 bits per heavy atom. The van der Waals surface area contributed by atoms with Crippen LogP contribution in [0.2, 0.25) is 0 Å². The maximum atomic E-state index is 12.3. The third kappa shape index (κ3) is 3.10. The van der Waals surface area contributed by atoms with E-state index < -0.39 is 30.0 Å². The Morgan fingerprint density at radius 3 is 2.45 bits per heavy atom. The van der Waals surface area contributed by atoms with Gasteiger partial charge < -0.3 is 14.4 Å². The normalized spacial score (nSPS) is 21.8. The molecule has 0 radical (unpaired) electrons. The first-order valence-corrected chi connectivity index (χ1v) is 7.05. The van der Waals surface area contributed by atoms with Gasteiger partial charge in [0.15, 0.2) is 0 Å². The van der Waals surface area contributed by atoms with E-state index in [1.807, 2.05) is 30.3 Å². The lowest BCUT2D eigenvalue weighted by molar-refractivity contribution is -0.184. The van der Waals surface area contributed by atoms with Gasteiger partial charge in [-0.3, -0.25) is 9.59 Å². The van der Waals surface area contributed by atoms with Crippen molar-refractivity contribution < 1.29 is 23.9 Å². The molecule has 1 aliphatic heterocycles. The monoisotopic (exact) mass is 305 g/mol. The lowest BCUT2D eigenvalue weighted by atomic mass is 9.82. The number of carbonyl (C=O) groups is 3. The fraction of sp³-hybridized carbons (Fsp3) is 0.438. The summed E-state index contributed by atoms with van der Waals surface area (Å²) in [6, 6.07) is 8.64. The van der Waals surface area contributed by atoms with E-state index in [4.69, 9.17) is 9.47 Å². The summed E-state index contributed by atoms with van der Waals surface area (Å²) in [7, 11) is 1.28. The van der Waals surface area contributed by atoms with Gasteiger partial charge in [0.2, 0.25) is 5.91 Å². The average molecular weight is 305 g/mol. The number of methoxy groups -OCH3 is 1. The van der Waals surface area contributed by atoms with E-state index >= 15 is 0 Å². The number of hydrogen-bond acceptors (Lipinski definition) is 5. The van der Waals surface area contributed by atoms with Gasteiger partial charge in [0.25, 0.3) is 0 Å². The number of esters is 2. The second-order valence-electron chi connectivity index (χ2n) is 5.26. The third-order valence-electron chi connectivity index (χ3n) is 3.74. The molecule has 2 rings (SSSR count). The second-order valence-corrected chi connectivity index (χ2v) is 5.26. The van der Waals surface area contributed by atoms with Crippen molar-refractivity contribution in [1.82, 2.24) is 4.90 Å². The van der Waals surface area contributed by atoms with Crippen molar-refractivity contribution in [3.05, 3.63) is 35.9 Å². The van der Waals surface area contributed by atoms with E-state index in [0.717, 1.165) is 5.56 Å². The zero-order chi connectivity index (χ0) is 16.3. The highest BCUT2D eigenvalue weighted by Crippen LogP contribution is 2.33. The van der Waals surface area contributed by atoms with Gasteiger partial charge in [0, 0.05) is 13.5 Å². The molecule has 0 spiro atoms. The molecule has 3 atom stereocenters. The van der Waals surface area contributed by atoms with E-state index in [9.17, 15) is 14.4 Å². The Kier molecular flexibility index (Phi) is 4.80. The summed E-state index contributed by atoms with van der Waals surface area (Å²) in [5.41, 5.74) is 0.920. The first kappa shape index (κ1) is 16.0. The molecule has 6 nitrogen and oxygen atoms in total. The first-order valence-electron chi connectivity index (χ1n) is 7.05. The van der Waals surface area contributed by atoms with Gasteiger partial charge in [0.1, 0.15) is 18.1 Å². The molecule has 0 N–H and O–H groups in total. The maximum absolute atomic E-state index is 12.3. The molecule has 0 aromatic heterocycles. The molecule has 1 fully saturated rings. The van der Waals surface area contributed by atoms with Crippen molar-refractivity contribution in [3.63, 3.8) is 0 Å². The number of likely N-dealkylation sites (tertiary alicyclic amines) is 1.